The lowest BCUT2D eigenvalue weighted by molar-refractivity contribution is 0.0574. The summed E-state index contributed by atoms with van der Waals surface area (Å²) in [5.41, 5.74) is 0.441. The Morgan fingerprint density at radius 2 is 2.41 bits per heavy atom. The molecule has 1 fully saturated rings. The summed E-state index contributed by atoms with van der Waals surface area (Å²) < 4.78 is 5.46. The van der Waals surface area contributed by atoms with Gasteiger partial charge in [-0.3, -0.25) is 4.79 Å². The molecule has 1 aliphatic rings. The van der Waals surface area contributed by atoms with Crippen molar-refractivity contribution in [2.45, 2.75) is 25.5 Å². The Morgan fingerprint density at radius 1 is 1.65 bits per heavy atom. The Labute approximate surface area is 106 Å². The average molecular weight is 255 g/mol. The highest BCUT2D eigenvalue weighted by molar-refractivity contribution is 6.32. The first-order valence-electron chi connectivity index (χ1n) is 5.60. The highest BCUT2D eigenvalue weighted by Gasteiger charge is 2.31. The van der Waals surface area contributed by atoms with E-state index in [4.69, 9.17) is 16.3 Å². The Morgan fingerprint density at radius 3 is 3.00 bits per heavy atom. The quantitative estimate of drug-likeness (QED) is 0.758. The minimum Gasteiger partial charge on any atom is -0.376 e. The number of hydrogen-bond acceptors (Lipinski definition) is 3. The van der Waals surface area contributed by atoms with Gasteiger partial charge in [0.05, 0.1) is 17.7 Å². The largest absolute Gasteiger partial charge is 0.376 e. The molecule has 0 bridgehead atoms. The van der Waals surface area contributed by atoms with E-state index in [0.29, 0.717) is 12.2 Å². The zero-order valence-corrected chi connectivity index (χ0v) is 10.6. The maximum Gasteiger partial charge on any atom is 0.257 e. The zero-order chi connectivity index (χ0) is 12.4. The summed E-state index contributed by atoms with van der Waals surface area (Å²) in [5.74, 6) is -0.106. The number of rotatable bonds is 2. The van der Waals surface area contributed by atoms with E-state index in [0.717, 1.165) is 6.42 Å². The summed E-state index contributed by atoms with van der Waals surface area (Å²) in [7, 11) is 1.78. The van der Waals surface area contributed by atoms with Crippen LogP contribution in [0.15, 0.2) is 18.3 Å². The third-order valence-corrected chi connectivity index (χ3v) is 3.44. The summed E-state index contributed by atoms with van der Waals surface area (Å²) in [6.45, 7) is 2.68. The molecule has 2 heterocycles. The van der Waals surface area contributed by atoms with Crippen molar-refractivity contribution in [1.82, 2.24) is 9.88 Å². The first-order chi connectivity index (χ1) is 8.11. The minimum atomic E-state index is -0.106. The topological polar surface area (TPSA) is 42.4 Å². The molecule has 1 aromatic heterocycles. The van der Waals surface area contributed by atoms with Gasteiger partial charge in [-0.2, -0.15) is 0 Å². The lowest BCUT2D eigenvalue weighted by Crippen LogP contribution is -2.41. The molecule has 4 nitrogen and oxygen atoms in total. The van der Waals surface area contributed by atoms with Gasteiger partial charge in [-0.05, 0) is 25.5 Å². The number of likely N-dealkylation sites (N-methyl/N-ethyl adjacent to an activating group) is 1. The highest BCUT2D eigenvalue weighted by atomic mass is 35.5. The number of hydrogen-bond donors (Lipinski definition) is 0. The fraction of sp³-hybridized carbons (Fsp3) is 0.500. The lowest BCUT2D eigenvalue weighted by atomic mass is 10.1. The molecule has 2 rings (SSSR count). The van der Waals surface area contributed by atoms with Gasteiger partial charge in [0.1, 0.15) is 5.15 Å². The summed E-state index contributed by atoms with van der Waals surface area (Å²) in [6, 6.07) is 3.51. The predicted octanol–water partition coefficient (Wildman–Crippen LogP) is 1.98. The van der Waals surface area contributed by atoms with Gasteiger partial charge >= 0.3 is 0 Å². The smallest absolute Gasteiger partial charge is 0.257 e. The second kappa shape index (κ2) is 5.02. The number of ether oxygens (including phenoxy) is 1. The van der Waals surface area contributed by atoms with Crippen molar-refractivity contribution in [1.29, 1.82) is 0 Å². The SMILES string of the molecule is CC1OCCC1N(C)C(=O)c1cccnc1Cl. The van der Waals surface area contributed by atoms with E-state index in [2.05, 4.69) is 4.98 Å². The van der Waals surface area contributed by atoms with Crippen LogP contribution in [-0.2, 0) is 4.74 Å². The molecule has 0 radical (unpaired) electrons. The maximum atomic E-state index is 12.2. The summed E-state index contributed by atoms with van der Waals surface area (Å²) in [4.78, 5) is 17.9. The van der Waals surface area contributed by atoms with Crippen LogP contribution in [-0.4, -0.2) is 41.6 Å². The van der Waals surface area contributed by atoms with Gasteiger partial charge in [-0.1, -0.05) is 11.6 Å². The van der Waals surface area contributed by atoms with Crippen molar-refractivity contribution in [3.63, 3.8) is 0 Å². The van der Waals surface area contributed by atoms with Crippen LogP contribution in [0.5, 0.6) is 0 Å². The van der Waals surface area contributed by atoms with Crippen LogP contribution in [0, 0.1) is 0 Å². The monoisotopic (exact) mass is 254 g/mol. The molecule has 0 aromatic carbocycles. The van der Waals surface area contributed by atoms with Crippen molar-refractivity contribution < 1.29 is 9.53 Å². The molecular weight excluding hydrogens is 240 g/mol. The Hall–Kier alpha value is -1.13. The van der Waals surface area contributed by atoms with Crippen molar-refractivity contribution in [3.05, 3.63) is 29.0 Å². The van der Waals surface area contributed by atoms with E-state index in [1.54, 1.807) is 30.3 Å². The summed E-state index contributed by atoms with van der Waals surface area (Å²) >= 11 is 5.92. The van der Waals surface area contributed by atoms with Gasteiger partial charge in [0.15, 0.2) is 0 Å². The van der Waals surface area contributed by atoms with Crippen molar-refractivity contribution in [3.8, 4) is 0 Å². The molecule has 2 unspecified atom stereocenters. The lowest BCUT2D eigenvalue weighted by Gasteiger charge is -2.26. The normalized spacial score (nSPS) is 23.7. The number of pyridine rings is 1. The number of nitrogens with zero attached hydrogens (tertiary/aromatic N) is 2. The second-order valence-electron chi connectivity index (χ2n) is 4.19. The number of carbonyl (C=O) groups excluding carboxylic acids is 1. The molecule has 0 saturated carbocycles. The fourth-order valence-electron chi connectivity index (χ4n) is 2.12. The van der Waals surface area contributed by atoms with Crippen molar-refractivity contribution in [2.75, 3.05) is 13.7 Å². The third kappa shape index (κ3) is 2.42. The van der Waals surface area contributed by atoms with E-state index in [1.165, 1.54) is 0 Å². The average Bonchev–Trinajstić information content (AvgIpc) is 2.74. The number of carbonyl (C=O) groups is 1. The molecule has 0 N–H and O–H groups in total. The van der Waals surface area contributed by atoms with Crippen LogP contribution in [0.3, 0.4) is 0 Å². The number of amides is 1. The Kier molecular flexibility index (Phi) is 3.64. The van der Waals surface area contributed by atoms with E-state index < -0.39 is 0 Å². The van der Waals surface area contributed by atoms with Crippen LogP contribution in [0.25, 0.3) is 0 Å². The first kappa shape index (κ1) is 12.3. The van der Waals surface area contributed by atoms with Gasteiger partial charge in [0.25, 0.3) is 5.91 Å². The molecule has 5 heteroatoms. The molecule has 92 valence electrons. The Bertz CT molecular complexity index is 425. The van der Waals surface area contributed by atoms with E-state index in [-0.39, 0.29) is 23.2 Å². The molecule has 0 spiro atoms. The maximum absolute atomic E-state index is 12.2. The minimum absolute atomic E-state index is 0.0689. The molecule has 17 heavy (non-hydrogen) atoms. The van der Waals surface area contributed by atoms with Crippen molar-refractivity contribution in [2.24, 2.45) is 0 Å². The molecule has 2 atom stereocenters. The van der Waals surface area contributed by atoms with Gasteiger partial charge in [-0.25, -0.2) is 4.98 Å². The van der Waals surface area contributed by atoms with Crippen LogP contribution >= 0.6 is 11.6 Å². The molecular formula is C12H15ClN2O2. The number of aromatic nitrogens is 1. The highest BCUT2D eigenvalue weighted by Crippen LogP contribution is 2.21. The van der Waals surface area contributed by atoms with Gasteiger partial charge in [0.2, 0.25) is 0 Å². The molecule has 1 aromatic rings. The van der Waals surface area contributed by atoms with Crippen LogP contribution in [0.4, 0.5) is 0 Å². The predicted molar refractivity (Wildman–Crippen MR) is 65.2 cm³/mol. The summed E-state index contributed by atoms with van der Waals surface area (Å²) in [6.07, 6.45) is 2.50. The van der Waals surface area contributed by atoms with Gasteiger partial charge < -0.3 is 9.64 Å². The van der Waals surface area contributed by atoms with Crippen LogP contribution in [0.2, 0.25) is 5.15 Å². The van der Waals surface area contributed by atoms with Gasteiger partial charge in [-0.15, -0.1) is 0 Å². The Balaban J connectivity index is 2.17. The number of halogens is 1. The van der Waals surface area contributed by atoms with Gasteiger partial charge in [0, 0.05) is 19.9 Å². The molecule has 1 amide bonds. The van der Waals surface area contributed by atoms with E-state index >= 15 is 0 Å². The van der Waals surface area contributed by atoms with Crippen molar-refractivity contribution >= 4 is 17.5 Å². The van der Waals surface area contributed by atoms with E-state index in [1.807, 2.05) is 6.92 Å². The second-order valence-corrected chi connectivity index (χ2v) is 4.55. The van der Waals surface area contributed by atoms with Crippen LogP contribution in [0.1, 0.15) is 23.7 Å². The zero-order valence-electron chi connectivity index (χ0n) is 9.89. The fourth-order valence-corrected chi connectivity index (χ4v) is 2.32. The standard InChI is InChI=1S/C12H15ClN2O2/c1-8-10(5-7-17-8)15(2)12(16)9-4-3-6-14-11(9)13/h3-4,6,8,10H,5,7H2,1-2H3. The third-order valence-electron chi connectivity index (χ3n) is 3.14. The first-order valence-corrected chi connectivity index (χ1v) is 5.98. The molecule has 0 aliphatic carbocycles. The van der Waals surface area contributed by atoms with E-state index in [9.17, 15) is 4.79 Å². The molecule has 1 aliphatic heterocycles. The van der Waals surface area contributed by atoms with Crippen LogP contribution < -0.4 is 0 Å². The summed E-state index contributed by atoms with van der Waals surface area (Å²) in [5, 5.41) is 0.246. The molecule has 1 saturated heterocycles.